The quantitative estimate of drug-likeness (QED) is 0.427. The van der Waals surface area contributed by atoms with Gasteiger partial charge in [0.15, 0.2) is 0 Å². The number of nitrogens with one attached hydrogen (secondary N) is 2. The molecule has 2 N–H and O–H groups in total. The van der Waals surface area contributed by atoms with Crippen LogP contribution in [-0.2, 0) is 6.42 Å². The Morgan fingerprint density at radius 1 is 0.783 bits per heavy atom. The van der Waals surface area contributed by atoms with Gasteiger partial charge >= 0.3 is 0 Å². The number of aryl methyl sites for hydroxylation is 2. The molecule has 2 aromatic heterocycles. The van der Waals surface area contributed by atoms with E-state index in [1.165, 1.54) is 81.9 Å². The molecule has 0 aromatic carbocycles. The molecule has 0 bridgehead atoms. The van der Waals surface area contributed by atoms with E-state index in [0.29, 0.717) is 0 Å². The topological polar surface area (TPSA) is 31.6 Å². The van der Waals surface area contributed by atoms with Crippen LogP contribution in [0, 0.1) is 6.92 Å². The van der Waals surface area contributed by atoms with E-state index in [0.717, 1.165) is 0 Å². The first-order valence-electron chi connectivity index (χ1n) is 9.54. The maximum Gasteiger partial charge on any atom is 0.0147 e. The van der Waals surface area contributed by atoms with Gasteiger partial charge in [-0.05, 0) is 43.5 Å². The average Bonchev–Trinajstić information content (AvgIpc) is 3.23. The third kappa shape index (κ3) is 11.7. The van der Waals surface area contributed by atoms with Gasteiger partial charge < -0.3 is 9.97 Å². The fourth-order valence-corrected chi connectivity index (χ4v) is 2.73. The molecule has 0 saturated carbocycles. The molecule has 0 fully saturated rings. The highest BCUT2D eigenvalue weighted by Crippen LogP contribution is 2.11. The molecule has 2 heteroatoms. The Labute approximate surface area is 143 Å². The van der Waals surface area contributed by atoms with Crippen LogP contribution in [0.15, 0.2) is 36.8 Å². The van der Waals surface area contributed by atoms with Gasteiger partial charge in [0.05, 0.1) is 0 Å². The molecule has 2 nitrogen and oxygen atoms in total. The van der Waals surface area contributed by atoms with Crippen molar-refractivity contribution in [3.05, 3.63) is 48.0 Å². The first-order chi connectivity index (χ1) is 11.3. The Balaban J connectivity index is 0.000000366. The minimum absolute atomic E-state index is 1.23. The zero-order valence-electron chi connectivity index (χ0n) is 15.2. The van der Waals surface area contributed by atoms with Gasteiger partial charge in [-0.25, -0.2) is 0 Å². The predicted octanol–water partition coefficient (Wildman–Crippen LogP) is 6.80. The van der Waals surface area contributed by atoms with Crippen LogP contribution in [0.1, 0.15) is 82.4 Å². The van der Waals surface area contributed by atoms with Crippen LogP contribution < -0.4 is 0 Å². The third-order valence-electron chi connectivity index (χ3n) is 4.22. The maximum absolute atomic E-state index is 3.27. The highest BCUT2D eigenvalue weighted by Gasteiger charge is 1.94. The van der Waals surface area contributed by atoms with E-state index >= 15 is 0 Å². The normalized spacial score (nSPS) is 10.3. The first kappa shape index (κ1) is 19.6. The van der Waals surface area contributed by atoms with Crippen LogP contribution in [0.4, 0.5) is 0 Å². The molecule has 0 aliphatic rings. The summed E-state index contributed by atoms with van der Waals surface area (Å²) in [7, 11) is 0. The summed E-state index contributed by atoms with van der Waals surface area (Å²) < 4.78 is 0. The van der Waals surface area contributed by atoms with Gasteiger partial charge in [-0.1, -0.05) is 64.7 Å². The largest absolute Gasteiger partial charge is 0.367 e. The van der Waals surface area contributed by atoms with Crippen molar-refractivity contribution < 1.29 is 0 Å². The van der Waals surface area contributed by atoms with Gasteiger partial charge in [0.1, 0.15) is 0 Å². The van der Waals surface area contributed by atoms with E-state index in [2.05, 4.69) is 35.9 Å². The Morgan fingerprint density at radius 3 is 1.87 bits per heavy atom. The number of aromatic amines is 2. The average molecular weight is 317 g/mol. The predicted molar refractivity (Wildman–Crippen MR) is 102 cm³/mol. The molecule has 0 aliphatic heterocycles. The molecular weight excluding hydrogens is 280 g/mol. The Morgan fingerprint density at radius 2 is 1.43 bits per heavy atom. The van der Waals surface area contributed by atoms with E-state index in [4.69, 9.17) is 0 Å². The van der Waals surface area contributed by atoms with Crippen LogP contribution in [0.3, 0.4) is 0 Å². The molecule has 2 heterocycles. The molecular formula is C21H36N2. The molecule has 130 valence electrons. The molecule has 23 heavy (non-hydrogen) atoms. The van der Waals surface area contributed by atoms with E-state index in [-0.39, 0.29) is 0 Å². The van der Waals surface area contributed by atoms with E-state index in [1.807, 2.05) is 24.7 Å². The first-order valence-corrected chi connectivity index (χ1v) is 9.54. The van der Waals surface area contributed by atoms with Gasteiger partial charge in [0.25, 0.3) is 0 Å². The molecule has 2 aromatic rings. The molecule has 0 saturated heterocycles. The van der Waals surface area contributed by atoms with Crippen LogP contribution >= 0.6 is 0 Å². The van der Waals surface area contributed by atoms with Crippen molar-refractivity contribution in [3.8, 4) is 0 Å². The Kier molecular flexibility index (Phi) is 12.1. The molecule has 0 atom stereocenters. The second kappa shape index (κ2) is 14.2. The summed E-state index contributed by atoms with van der Waals surface area (Å²) in [6, 6.07) is 6.30. The van der Waals surface area contributed by atoms with Crippen LogP contribution in [0.2, 0.25) is 0 Å². The molecule has 0 unspecified atom stereocenters. The zero-order chi connectivity index (χ0) is 16.6. The third-order valence-corrected chi connectivity index (χ3v) is 4.22. The lowest BCUT2D eigenvalue weighted by atomic mass is 10.1. The highest BCUT2D eigenvalue weighted by atomic mass is 14.7. The molecule has 2 rings (SSSR count). The van der Waals surface area contributed by atoms with Gasteiger partial charge in [0.2, 0.25) is 0 Å². The van der Waals surface area contributed by atoms with Crippen molar-refractivity contribution in [2.75, 3.05) is 0 Å². The lowest BCUT2D eigenvalue weighted by molar-refractivity contribution is 0.555. The number of unbranched alkanes of at least 4 members (excludes halogenated alkanes) is 9. The van der Waals surface area contributed by atoms with Gasteiger partial charge in [0, 0.05) is 24.3 Å². The number of aromatic nitrogens is 2. The van der Waals surface area contributed by atoms with Crippen molar-refractivity contribution in [2.24, 2.45) is 0 Å². The Bertz CT molecular complexity index is 428. The van der Waals surface area contributed by atoms with E-state index < -0.39 is 0 Å². The second-order valence-corrected chi connectivity index (χ2v) is 6.52. The number of H-pyrrole nitrogens is 2. The molecule has 0 spiro atoms. The second-order valence-electron chi connectivity index (χ2n) is 6.52. The molecule has 0 aliphatic carbocycles. The number of rotatable bonds is 11. The fraction of sp³-hybridized carbons (Fsp3) is 0.619. The molecule has 0 radical (unpaired) electrons. The minimum atomic E-state index is 1.23. The smallest absolute Gasteiger partial charge is 0.0147 e. The SMILES string of the molecule is CCCCCCCCCCCCc1ccc[nH]1.Cc1cc[nH]c1. The number of hydrogen-bond acceptors (Lipinski definition) is 0. The summed E-state index contributed by atoms with van der Waals surface area (Å²) in [5.41, 5.74) is 2.68. The van der Waals surface area contributed by atoms with Crippen molar-refractivity contribution in [3.63, 3.8) is 0 Å². The van der Waals surface area contributed by atoms with E-state index in [9.17, 15) is 0 Å². The van der Waals surface area contributed by atoms with Gasteiger partial charge in [-0.3, -0.25) is 0 Å². The zero-order valence-corrected chi connectivity index (χ0v) is 15.2. The fourth-order valence-electron chi connectivity index (χ4n) is 2.73. The van der Waals surface area contributed by atoms with E-state index in [1.54, 1.807) is 0 Å². The lowest BCUT2D eigenvalue weighted by Gasteiger charge is -2.02. The van der Waals surface area contributed by atoms with Gasteiger partial charge in [-0.15, -0.1) is 0 Å². The summed E-state index contributed by atoms with van der Waals surface area (Å²) in [4.78, 5) is 6.20. The van der Waals surface area contributed by atoms with Crippen molar-refractivity contribution >= 4 is 0 Å². The molecule has 0 amide bonds. The maximum atomic E-state index is 3.27. The monoisotopic (exact) mass is 316 g/mol. The standard InChI is InChI=1S/C16H29N.C5H7N/c1-2-3-4-5-6-7-8-9-10-11-13-16-14-12-15-17-16;1-5-2-3-6-4-5/h12,14-15,17H,2-11,13H2,1H3;2-4,6H,1H3. The van der Waals surface area contributed by atoms with Gasteiger partial charge in [-0.2, -0.15) is 0 Å². The van der Waals surface area contributed by atoms with Crippen molar-refractivity contribution in [1.82, 2.24) is 9.97 Å². The minimum Gasteiger partial charge on any atom is -0.367 e. The number of hydrogen-bond donors (Lipinski definition) is 2. The van der Waals surface area contributed by atoms with Crippen molar-refractivity contribution in [2.45, 2.75) is 84.5 Å². The summed E-state index contributed by atoms with van der Waals surface area (Å²) in [6.45, 7) is 4.33. The summed E-state index contributed by atoms with van der Waals surface area (Å²) >= 11 is 0. The summed E-state index contributed by atoms with van der Waals surface area (Å²) in [5, 5.41) is 0. The lowest BCUT2D eigenvalue weighted by Crippen LogP contribution is -1.86. The van der Waals surface area contributed by atoms with Crippen molar-refractivity contribution in [1.29, 1.82) is 0 Å². The summed E-state index contributed by atoms with van der Waals surface area (Å²) in [6.07, 6.45) is 21.3. The van der Waals surface area contributed by atoms with Crippen LogP contribution in [0.25, 0.3) is 0 Å². The Hall–Kier alpha value is -1.44. The van der Waals surface area contributed by atoms with Crippen LogP contribution in [0.5, 0.6) is 0 Å². The van der Waals surface area contributed by atoms with Crippen LogP contribution in [-0.4, -0.2) is 9.97 Å². The summed E-state index contributed by atoms with van der Waals surface area (Å²) in [5.74, 6) is 0. The highest BCUT2D eigenvalue weighted by molar-refractivity contribution is 5.04.